The quantitative estimate of drug-likeness (QED) is 0.710. The lowest BCUT2D eigenvalue weighted by Gasteiger charge is -2.19. The molecule has 5 nitrogen and oxygen atoms in total. The van der Waals surface area contributed by atoms with Gasteiger partial charge < -0.3 is 20.1 Å². The molecule has 0 fully saturated rings. The largest absolute Gasteiger partial charge is 0.490 e. The lowest BCUT2D eigenvalue weighted by Crippen LogP contribution is -2.91. The molecule has 146 valence electrons. The van der Waals surface area contributed by atoms with Gasteiger partial charge in [0.05, 0.1) is 13.2 Å². The van der Waals surface area contributed by atoms with Gasteiger partial charge in [-0.15, -0.1) is 0 Å². The van der Waals surface area contributed by atoms with Crippen LogP contribution in [0.5, 0.6) is 11.5 Å². The summed E-state index contributed by atoms with van der Waals surface area (Å²) in [6.45, 7) is 11.1. The number of hydrogen-bond donors (Lipinski definition) is 2. The smallest absolute Gasteiger partial charge is 0.282 e. The van der Waals surface area contributed by atoms with E-state index in [4.69, 9.17) is 9.47 Å². The van der Waals surface area contributed by atoms with Gasteiger partial charge in [-0.25, -0.2) is 0 Å². The molecule has 0 unspecified atom stereocenters. The molecule has 2 aromatic carbocycles. The predicted octanol–water partition coefficient (Wildman–Crippen LogP) is 3.44. The number of quaternary nitrogens is 1. The van der Waals surface area contributed by atoms with Crippen LogP contribution in [0.4, 0.5) is 5.69 Å². The third-order valence-corrected chi connectivity index (χ3v) is 4.37. The summed E-state index contributed by atoms with van der Waals surface area (Å²) in [5.41, 5.74) is 3.04. The van der Waals surface area contributed by atoms with Gasteiger partial charge in [0.25, 0.3) is 5.91 Å². The highest BCUT2D eigenvalue weighted by molar-refractivity contribution is 5.93. The van der Waals surface area contributed by atoms with E-state index >= 15 is 0 Å². The first-order chi connectivity index (χ1) is 12.9. The van der Waals surface area contributed by atoms with Crippen LogP contribution in [0.15, 0.2) is 42.5 Å². The molecule has 3 N–H and O–H groups in total. The Morgan fingerprint density at radius 1 is 1.04 bits per heavy atom. The Hall–Kier alpha value is -2.53. The highest BCUT2D eigenvalue weighted by Gasteiger charge is 2.21. The van der Waals surface area contributed by atoms with E-state index < -0.39 is 0 Å². The number of rotatable bonds is 9. The number of benzene rings is 2. The maximum atomic E-state index is 12.5. The molecular formula is C22H31N2O3+. The fraction of sp³-hybridized carbons (Fsp3) is 0.409. The number of ether oxygens (including phenoxy) is 2. The summed E-state index contributed by atoms with van der Waals surface area (Å²) in [5.74, 6) is 1.48. The van der Waals surface area contributed by atoms with Gasteiger partial charge in [0.1, 0.15) is 6.04 Å². The third kappa shape index (κ3) is 6.00. The van der Waals surface area contributed by atoms with E-state index in [-0.39, 0.29) is 18.0 Å². The number of aryl methyl sites for hydroxylation is 1. The van der Waals surface area contributed by atoms with Crippen LogP contribution in [-0.2, 0) is 4.79 Å². The third-order valence-electron chi connectivity index (χ3n) is 4.37. The van der Waals surface area contributed by atoms with Crippen molar-refractivity contribution in [1.29, 1.82) is 0 Å². The van der Waals surface area contributed by atoms with Gasteiger partial charge in [0.2, 0.25) is 0 Å². The van der Waals surface area contributed by atoms with Crippen LogP contribution in [-0.4, -0.2) is 25.2 Å². The van der Waals surface area contributed by atoms with Crippen molar-refractivity contribution in [2.75, 3.05) is 18.5 Å². The predicted molar refractivity (Wildman–Crippen MR) is 108 cm³/mol. The maximum absolute atomic E-state index is 12.5. The minimum Gasteiger partial charge on any atom is -0.490 e. The van der Waals surface area contributed by atoms with Gasteiger partial charge in [-0.2, -0.15) is 0 Å². The standard InChI is InChI=1S/C22H30N2O3/c1-6-26-20-12-11-18(14-21(20)27-7-2)16(4)23-17(5)22(25)24-19-10-8-9-15(3)13-19/h8-14,16-17,23H,6-7H2,1-5H3,(H,24,25)/p+1/t16-,17+/m0/s1. The molecule has 27 heavy (non-hydrogen) atoms. The lowest BCUT2D eigenvalue weighted by atomic mass is 10.1. The Morgan fingerprint density at radius 2 is 1.74 bits per heavy atom. The summed E-state index contributed by atoms with van der Waals surface area (Å²) in [4.78, 5) is 12.5. The van der Waals surface area contributed by atoms with Gasteiger partial charge in [0.15, 0.2) is 17.5 Å². The molecule has 0 bridgehead atoms. The van der Waals surface area contributed by atoms with Crippen molar-refractivity contribution in [3.63, 3.8) is 0 Å². The second-order valence-electron chi connectivity index (χ2n) is 6.70. The Labute approximate surface area is 162 Å². The molecule has 2 atom stereocenters. The molecule has 0 saturated heterocycles. The Kier molecular flexibility index (Phi) is 7.67. The molecule has 0 saturated carbocycles. The van der Waals surface area contributed by atoms with Crippen LogP contribution in [0, 0.1) is 6.92 Å². The van der Waals surface area contributed by atoms with Crippen molar-refractivity contribution >= 4 is 11.6 Å². The Bertz CT molecular complexity index is 761. The van der Waals surface area contributed by atoms with Gasteiger partial charge in [-0.05, 0) is 70.5 Å². The fourth-order valence-electron chi connectivity index (χ4n) is 2.96. The molecule has 0 heterocycles. The summed E-state index contributed by atoms with van der Waals surface area (Å²) in [6.07, 6.45) is 0. The molecule has 0 aromatic heterocycles. The normalized spacial score (nSPS) is 12.9. The number of nitrogens with one attached hydrogen (secondary N) is 1. The fourth-order valence-corrected chi connectivity index (χ4v) is 2.96. The lowest BCUT2D eigenvalue weighted by molar-refractivity contribution is -0.709. The SMILES string of the molecule is CCOc1ccc([C@H](C)[NH2+][C@H](C)C(=O)Nc2cccc(C)c2)cc1OCC. The van der Waals surface area contributed by atoms with Crippen molar-refractivity contribution in [2.24, 2.45) is 0 Å². The second-order valence-corrected chi connectivity index (χ2v) is 6.70. The van der Waals surface area contributed by atoms with E-state index in [9.17, 15) is 4.79 Å². The summed E-state index contributed by atoms with van der Waals surface area (Å²) < 4.78 is 11.3. The van der Waals surface area contributed by atoms with Crippen molar-refractivity contribution in [3.8, 4) is 11.5 Å². The molecule has 0 aliphatic rings. The number of carbonyl (C=O) groups excluding carboxylic acids is 1. The zero-order valence-corrected chi connectivity index (χ0v) is 16.9. The molecule has 2 aromatic rings. The summed E-state index contributed by atoms with van der Waals surface area (Å²) >= 11 is 0. The first-order valence-electron chi connectivity index (χ1n) is 9.56. The molecule has 0 aliphatic heterocycles. The van der Waals surface area contributed by atoms with Crippen molar-refractivity contribution in [1.82, 2.24) is 0 Å². The molecule has 2 rings (SSSR count). The number of amides is 1. The van der Waals surface area contributed by atoms with Crippen LogP contribution in [0.25, 0.3) is 0 Å². The van der Waals surface area contributed by atoms with E-state index in [2.05, 4.69) is 17.6 Å². The first-order valence-corrected chi connectivity index (χ1v) is 9.56. The van der Waals surface area contributed by atoms with E-state index in [1.807, 2.05) is 70.2 Å². The van der Waals surface area contributed by atoms with Crippen LogP contribution in [0.3, 0.4) is 0 Å². The molecule has 0 radical (unpaired) electrons. The number of nitrogens with two attached hydrogens (primary N) is 1. The van der Waals surface area contributed by atoms with E-state index in [1.54, 1.807) is 0 Å². The summed E-state index contributed by atoms with van der Waals surface area (Å²) in [6, 6.07) is 13.7. The van der Waals surface area contributed by atoms with Gasteiger partial charge in [-0.1, -0.05) is 12.1 Å². The molecule has 0 aliphatic carbocycles. The highest BCUT2D eigenvalue weighted by atomic mass is 16.5. The number of carbonyl (C=O) groups is 1. The topological polar surface area (TPSA) is 64.2 Å². The van der Waals surface area contributed by atoms with Gasteiger partial charge in [-0.3, -0.25) is 4.79 Å². The van der Waals surface area contributed by atoms with Crippen LogP contribution >= 0.6 is 0 Å². The van der Waals surface area contributed by atoms with Gasteiger partial charge >= 0.3 is 0 Å². The zero-order valence-electron chi connectivity index (χ0n) is 16.9. The van der Waals surface area contributed by atoms with E-state index in [0.29, 0.717) is 13.2 Å². The van der Waals surface area contributed by atoms with Crippen molar-refractivity contribution in [2.45, 2.75) is 46.7 Å². The van der Waals surface area contributed by atoms with Crippen molar-refractivity contribution < 1.29 is 19.6 Å². The Morgan fingerprint density at radius 3 is 2.41 bits per heavy atom. The minimum atomic E-state index is -0.220. The molecular weight excluding hydrogens is 340 g/mol. The number of hydrogen-bond acceptors (Lipinski definition) is 3. The first kappa shape index (κ1) is 20.8. The van der Waals surface area contributed by atoms with Crippen molar-refractivity contribution in [3.05, 3.63) is 53.6 Å². The Balaban J connectivity index is 2.03. The van der Waals surface area contributed by atoms with E-state index in [1.165, 1.54) is 0 Å². The van der Waals surface area contributed by atoms with Gasteiger partial charge in [0, 0.05) is 11.3 Å². The average Bonchev–Trinajstić information content (AvgIpc) is 2.63. The number of anilines is 1. The highest BCUT2D eigenvalue weighted by Crippen LogP contribution is 2.30. The van der Waals surface area contributed by atoms with Crippen LogP contribution in [0.2, 0.25) is 0 Å². The molecule has 0 spiro atoms. The zero-order chi connectivity index (χ0) is 19.8. The summed E-state index contributed by atoms with van der Waals surface area (Å²) in [7, 11) is 0. The van der Waals surface area contributed by atoms with Crippen LogP contribution < -0.4 is 20.1 Å². The second kappa shape index (κ2) is 9.97. The monoisotopic (exact) mass is 371 g/mol. The molecule has 1 amide bonds. The molecule has 5 heteroatoms. The maximum Gasteiger partial charge on any atom is 0.282 e. The average molecular weight is 372 g/mol. The summed E-state index contributed by atoms with van der Waals surface area (Å²) in [5, 5.41) is 5.03. The van der Waals surface area contributed by atoms with Crippen LogP contribution in [0.1, 0.15) is 44.9 Å². The minimum absolute atomic E-state index is 0.0107. The van der Waals surface area contributed by atoms with E-state index in [0.717, 1.165) is 28.3 Å².